The fraction of sp³-hybridized carbons (Fsp3) is 0.0909. The third-order valence-corrected chi connectivity index (χ3v) is 3.58. The number of benzene rings is 1. The second-order valence-corrected chi connectivity index (χ2v) is 4.90. The van der Waals surface area contributed by atoms with E-state index in [4.69, 9.17) is 5.73 Å². The fourth-order valence-electron chi connectivity index (χ4n) is 1.72. The first-order chi connectivity index (χ1) is 9.17. The van der Waals surface area contributed by atoms with Gasteiger partial charge in [0.25, 0.3) is 5.69 Å². The molecule has 0 unspecified atom stereocenters. The van der Waals surface area contributed by atoms with Gasteiger partial charge in [0.15, 0.2) is 0 Å². The Balaban J connectivity index is 0.00000147. The molecule has 20 heavy (non-hydrogen) atoms. The van der Waals surface area contributed by atoms with Gasteiger partial charge >= 0.3 is 0 Å². The van der Waals surface area contributed by atoms with Crippen molar-refractivity contribution in [3.63, 3.8) is 0 Å². The van der Waals surface area contributed by atoms with Crippen LogP contribution in [0, 0.1) is 10.1 Å². The SMILES string of the molecule is Cl.NCc1nn2cc(-c3ccc([N+](=O)[O-])cc3)nc2s1. The van der Waals surface area contributed by atoms with E-state index in [1.165, 1.54) is 23.5 Å². The summed E-state index contributed by atoms with van der Waals surface area (Å²) in [6.45, 7) is 0.390. The Morgan fingerprint density at radius 1 is 1.35 bits per heavy atom. The molecule has 2 aromatic heterocycles. The summed E-state index contributed by atoms with van der Waals surface area (Å²) in [7, 11) is 0. The summed E-state index contributed by atoms with van der Waals surface area (Å²) in [5.41, 5.74) is 7.12. The van der Waals surface area contributed by atoms with Crippen LogP contribution in [0.5, 0.6) is 0 Å². The summed E-state index contributed by atoms with van der Waals surface area (Å²) in [4.78, 5) is 15.3. The molecule has 0 spiro atoms. The van der Waals surface area contributed by atoms with Crippen molar-refractivity contribution in [2.45, 2.75) is 6.54 Å². The second-order valence-electron chi connectivity index (χ2n) is 3.86. The van der Waals surface area contributed by atoms with Gasteiger partial charge in [0.05, 0.1) is 16.8 Å². The lowest BCUT2D eigenvalue weighted by atomic mass is 10.1. The largest absolute Gasteiger partial charge is 0.324 e. The molecule has 2 heterocycles. The van der Waals surface area contributed by atoms with Gasteiger partial charge in [0.2, 0.25) is 4.96 Å². The molecule has 9 heteroatoms. The Morgan fingerprint density at radius 3 is 2.60 bits per heavy atom. The highest BCUT2D eigenvalue weighted by atomic mass is 35.5. The number of nitrogens with two attached hydrogens (primary N) is 1. The monoisotopic (exact) mass is 311 g/mol. The molecule has 0 bridgehead atoms. The molecule has 0 radical (unpaired) electrons. The number of imidazole rings is 1. The molecule has 3 aromatic rings. The minimum Gasteiger partial charge on any atom is -0.324 e. The van der Waals surface area contributed by atoms with Crippen LogP contribution < -0.4 is 5.73 Å². The lowest BCUT2D eigenvalue weighted by Crippen LogP contribution is -1.95. The van der Waals surface area contributed by atoms with Crippen LogP contribution in [0.4, 0.5) is 5.69 Å². The number of nitrogens with zero attached hydrogens (tertiary/aromatic N) is 4. The molecule has 0 aliphatic heterocycles. The Bertz CT molecular complexity index is 720. The van der Waals surface area contributed by atoms with Crippen molar-refractivity contribution in [3.8, 4) is 11.3 Å². The molecule has 0 aliphatic rings. The molecule has 0 saturated heterocycles. The summed E-state index contributed by atoms with van der Waals surface area (Å²) >= 11 is 1.43. The van der Waals surface area contributed by atoms with E-state index in [0.29, 0.717) is 6.54 Å². The van der Waals surface area contributed by atoms with Crippen LogP contribution in [0.2, 0.25) is 0 Å². The third kappa shape index (κ3) is 2.48. The number of aromatic nitrogens is 3. The molecule has 104 valence electrons. The van der Waals surface area contributed by atoms with Crippen molar-refractivity contribution in [1.82, 2.24) is 14.6 Å². The number of hydrogen-bond acceptors (Lipinski definition) is 6. The molecule has 7 nitrogen and oxygen atoms in total. The van der Waals surface area contributed by atoms with Gasteiger partial charge in [0.1, 0.15) is 5.01 Å². The van der Waals surface area contributed by atoms with E-state index in [0.717, 1.165) is 21.2 Å². The molecule has 0 fully saturated rings. The van der Waals surface area contributed by atoms with Gasteiger partial charge in [-0.3, -0.25) is 10.1 Å². The van der Waals surface area contributed by atoms with Gasteiger partial charge in [-0.05, 0) is 12.1 Å². The van der Waals surface area contributed by atoms with Crippen LogP contribution in [-0.4, -0.2) is 19.5 Å². The molecule has 1 aromatic carbocycles. The first-order valence-electron chi connectivity index (χ1n) is 5.47. The number of halogens is 1. The van der Waals surface area contributed by atoms with Gasteiger partial charge in [0, 0.05) is 24.2 Å². The molecule has 3 rings (SSSR count). The van der Waals surface area contributed by atoms with Crippen molar-refractivity contribution >= 4 is 34.4 Å². The third-order valence-electron chi connectivity index (χ3n) is 2.63. The highest BCUT2D eigenvalue weighted by molar-refractivity contribution is 7.16. The number of hydrogen-bond donors (Lipinski definition) is 1. The molecule has 0 saturated carbocycles. The Morgan fingerprint density at radius 2 is 2.05 bits per heavy atom. The zero-order valence-electron chi connectivity index (χ0n) is 10.1. The van der Waals surface area contributed by atoms with Crippen molar-refractivity contribution < 1.29 is 4.92 Å². The van der Waals surface area contributed by atoms with Crippen LogP contribution in [0.3, 0.4) is 0 Å². The van der Waals surface area contributed by atoms with E-state index in [1.54, 1.807) is 22.8 Å². The second kappa shape index (κ2) is 5.53. The Hall–Kier alpha value is -2.03. The van der Waals surface area contributed by atoms with E-state index in [1.807, 2.05) is 0 Å². The summed E-state index contributed by atoms with van der Waals surface area (Å²) in [5, 5.41) is 15.7. The van der Waals surface area contributed by atoms with Crippen LogP contribution in [0.15, 0.2) is 30.5 Å². The van der Waals surface area contributed by atoms with Crippen molar-refractivity contribution in [3.05, 3.63) is 45.6 Å². The van der Waals surface area contributed by atoms with E-state index < -0.39 is 4.92 Å². The Labute approximate surface area is 123 Å². The summed E-state index contributed by atoms with van der Waals surface area (Å²) in [6, 6.07) is 6.27. The Kier molecular flexibility index (Phi) is 3.98. The summed E-state index contributed by atoms with van der Waals surface area (Å²) in [6.07, 6.45) is 1.78. The predicted octanol–water partition coefficient (Wildman–Crippen LogP) is 2.25. The van der Waals surface area contributed by atoms with Crippen molar-refractivity contribution in [2.24, 2.45) is 5.73 Å². The normalized spacial score (nSPS) is 10.4. The topological polar surface area (TPSA) is 99.3 Å². The van der Waals surface area contributed by atoms with Crippen molar-refractivity contribution in [1.29, 1.82) is 0 Å². The maximum atomic E-state index is 10.6. The number of non-ortho nitro benzene ring substituents is 1. The fourth-order valence-corrected chi connectivity index (χ4v) is 2.47. The standard InChI is InChI=1S/C11H9N5O2S.ClH/c12-5-10-14-15-6-9(13-11(15)19-10)7-1-3-8(4-2-7)16(17)18;/h1-4,6H,5,12H2;1H. The minimum absolute atomic E-state index is 0. The van der Waals surface area contributed by atoms with Crippen LogP contribution >= 0.6 is 23.7 Å². The van der Waals surface area contributed by atoms with Gasteiger partial charge in [-0.15, -0.1) is 12.4 Å². The van der Waals surface area contributed by atoms with Gasteiger partial charge < -0.3 is 5.73 Å². The quantitative estimate of drug-likeness (QED) is 0.590. The molecular formula is C11H10ClN5O2S. The number of nitro groups is 1. The highest BCUT2D eigenvalue weighted by Crippen LogP contribution is 2.24. The summed E-state index contributed by atoms with van der Waals surface area (Å²) in [5.74, 6) is 0. The van der Waals surface area contributed by atoms with Crippen LogP contribution in [-0.2, 0) is 6.54 Å². The minimum atomic E-state index is -0.426. The van der Waals surface area contributed by atoms with Gasteiger partial charge in [-0.1, -0.05) is 11.3 Å². The van der Waals surface area contributed by atoms with Gasteiger partial charge in [-0.25, -0.2) is 9.50 Å². The highest BCUT2D eigenvalue weighted by Gasteiger charge is 2.10. The zero-order chi connectivity index (χ0) is 13.4. The van der Waals surface area contributed by atoms with E-state index in [9.17, 15) is 10.1 Å². The zero-order valence-corrected chi connectivity index (χ0v) is 11.7. The molecule has 0 amide bonds. The lowest BCUT2D eigenvalue weighted by molar-refractivity contribution is -0.384. The number of rotatable bonds is 3. The molecule has 0 aliphatic carbocycles. The molecule has 0 atom stereocenters. The number of fused-ring (bicyclic) bond motifs is 1. The number of nitro benzene ring substituents is 1. The smallest absolute Gasteiger partial charge is 0.269 e. The van der Waals surface area contributed by atoms with Crippen molar-refractivity contribution in [2.75, 3.05) is 0 Å². The van der Waals surface area contributed by atoms with Crippen LogP contribution in [0.1, 0.15) is 5.01 Å². The molecule has 2 N–H and O–H groups in total. The maximum absolute atomic E-state index is 10.6. The van der Waals surface area contributed by atoms with Gasteiger partial charge in [-0.2, -0.15) is 5.10 Å². The first-order valence-corrected chi connectivity index (χ1v) is 6.29. The van der Waals surface area contributed by atoms with Crippen LogP contribution in [0.25, 0.3) is 16.2 Å². The molecular weight excluding hydrogens is 302 g/mol. The predicted molar refractivity (Wildman–Crippen MR) is 78.1 cm³/mol. The van der Waals surface area contributed by atoms with E-state index in [-0.39, 0.29) is 18.1 Å². The average Bonchev–Trinajstić information content (AvgIpc) is 2.96. The summed E-state index contributed by atoms with van der Waals surface area (Å²) < 4.78 is 1.67. The first kappa shape index (κ1) is 14.4. The average molecular weight is 312 g/mol. The van der Waals surface area contributed by atoms with E-state index >= 15 is 0 Å². The maximum Gasteiger partial charge on any atom is 0.269 e. The van der Waals surface area contributed by atoms with E-state index in [2.05, 4.69) is 10.1 Å². The lowest BCUT2D eigenvalue weighted by Gasteiger charge is -1.95.